The van der Waals surface area contributed by atoms with E-state index in [0.717, 1.165) is 37.5 Å². The van der Waals surface area contributed by atoms with Gasteiger partial charge < -0.3 is 20.3 Å². The quantitative estimate of drug-likeness (QED) is 0.757. The van der Waals surface area contributed by atoms with Crippen LogP contribution in [0.25, 0.3) is 5.70 Å². The molecule has 1 unspecified atom stereocenters. The largest absolute Gasteiger partial charge is 0.489 e. The second kappa shape index (κ2) is 7.86. The number of fused-ring (bicyclic) bond motifs is 2. The maximum Gasteiger partial charge on any atom is 0.433 e. The lowest BCUT2D eigenvalue weighted by Gasteiger charge is -2.28. The van der Waals surface area contributed by atoms with Crippen LogP contribution in [0.5, 0.6) is 5.75 Å². The zero-order chi connectivity index (χ0) is 22.3. The molecule has 166 valence electrons. The van der Waals surface area contributed by atoms with Crippen LogP contribution in [0.3, 0.4) is 0 Å². The Hall–Kier alpha value is -3.53. The maximum atomic E-state index is 12.7. The molecule has 7 nitrogen and oxygen atoms in total. The Morgan fingerprint density at radius 2 is 2.12 bits per heavy atom. The van der Waals surface area contributed by atoms with Crippen LogP contribution in [0.2, 0.25) is 0 Å². The number of pyridine rings is 2. The van der Waals surface area contributed by atoms with Crippen LogP contribution in [0.4, 0.5) is 13.2 Å². The molecule has 0 saturated carbocycles. The molecule has 10 heteroatoms. The van der Waals surface area contributed by atoms with Gasteiger partial charge in [-0.25, -0.2) is 0 Å². The first-order valence-corrected chi connectivity index (χ1v) is 10.1. The first-order chi connectivity index (χ1) is 15.4. The average Bonchev–Trinajstić information content (AvgIpc) is 3.15. The highest BCUT2D eigenvalue weighted by molar-refractivity contribution is 5.61. The molecule has 0 radical (unpaired) electrons. The number of aromatic nitrogens is 2. The lowest BCUT2D eigenvalue weighted by molar-refractivity contribution is -0.141. The second-order valence-corrected chi connectivity index (χ2v) is 7.66. The third-order valence-electron chi connectivity index (χ3n) is 5.55. The summed E-state index contributed by atoms with van der Waals surface area (Å²) in [5.41, 5.74) is 2.44. The van der Waals surface area contributed by atoms with E-state index in [-0.39, 0.29) is 18.3 Å². The number of nitrogens with zero attached hydrogens (tertiary/aromatic N) is 3. The molecule has 0 bridgehead atoms. The van der Waals surface area contributed by atoms with Crippen LogP contribution < -0.4 is 20.9 Å². The number of hydrogen-bond donors (Lipinski definition) is 2. The summed E-state index contributed by atoms with van der Waals surface area (Å²) in [6.07, 6.45) is 5.02. The summed E-state index contributed by atoms with van der Waals surface area (Å²) in [6, 6.07) is 5.21. The summed E-state index contributed by atoms with van der Waals surface area (Å²) >= 11 is 0. The van der Waals surface area contributed by atoms with Crippen molar-refractivity contribution in [2.75, 3.05) is 13.1 Å². The van der Waals surface area contributed by atoms with Crippen molar-refractivity contribution in [2.45, 2.75) is 25.4 Å². The molecule has 0 aliphatic carbocycles. The molecule has 3 aliphatic rings. The van der Waals surface area contributed by atoms with E-state index < -0.39 is 11.9 Å². The normalized spacial score (nSPS) is 19.9. The van der Waals surface area contributed by atoms with Crippen molar-refractivity contribution >= 4 is 5.70 Å². The first-order valence-electron chi connectivity index (χ1n) is 10.1. The molecule has 0 amide bonds. The third kappa shape index (κ3) is 3.89. The fraction of sp³-hybridized carbons (Fsp3) is 0.273. The average molecular weight is 443 g/mol. The minimum atomic E-state index is -4.48. The lowest BCUT2D eigenvalue weighted by Crippen LogP contribution is -2.36. The van der Waals surface area contributed by atoms with Crippen molar-refractivity contribution in [3.8, 4) is 5.75 Å². The van der Waals surface area contributed by atoms with E-state index in [2.05, 4.69) is 20.5 Å². The van der Waals surface area contributed by atoms with Crippen LogP contribution in [0.1, 0.15) is 17.7 Å². The third-order valence-corrected chi connectivity index (χ3v) is 5.55. The van der Waals surface area contributed by atoms with E-state index in [4.69, 9.17) is 4.74 Å². The second-order valence-electron chi connectivity index (χ2n) is 7.66. The van der Waals surface area contributed by atoms with Crippen molar-refractivity contribution in [1.82, 2.24) is 25.1 Å². The molecule has 32 heavy (non-hydrogen) atoms. The van der Waals surface area contributed by atoms with Crippen LogP contribution in [0.15, 0.2) is 71.2 Å². The number of ether oxygens (including phenoxy) is 1. The number of alkyl halides is 3. The van der Waals surface area contributed by atoms with Crippen LogP contribution >= 0.6 is 0 Å². The van der Waals surface area contributed by atoms with E-state index in [1.807, 2.05) is 18.4 Å². The molecule has 0 fully saturated rings. The molecule has 2 N–H and O–H groups in total. The molecule has 0 saturated heterocycles. The minimum absolute atomic E-state index is 0.00338. The van der Waals surface area contributed by atoms with Gasteiger partial charge in [-0.3, -0.25) is 14.3 Å². The zero-order valence-corrected chi connectivity index (χ0v) is 16.9. The van der Waals surface area contributed by atoms with Gasteiger partial charge in [0.1, 0.15) is 24.2 Å². The summed E-state index contributed by atoms with van der Waals surface area (Å²) in [5.74, 6) is 0.329. The van der Waals surface area contributed by atoms with Gasteiger partial charge in [-0.05, 0) is 24.3 Å². The van der Waals surface area contributed by atoms with Crippen molar-refractivity contribution in [2.24, 2.45) is 0 Å². The van der Waals surface area contributed by atoms with E-state index in [9.17, 15) is 18.0 Å². The van der Waals surface area contributed by atoms with E-state index in [1.54, 1.807) is 12.3 Å². The maximum absolute atomic E-state index is 12.7. The van der Waals surface area contributed by atoms with Gasteiger partial charge in [0.2, 0.25) is 0 Å². The first kappa shape index (κ1) is 20.4. The summed E-state index contributed by atoms with van der Waals surface area (Å²) < 4.78 is 44.9. The van der Waals surface area contributed by atoms with E-state index >= 15 is 0 Å². The smallest absolute Gasteiger partial charge is 0.433 e. The molecule has 5 rings (SSSR count). The number of halogens is 3. The Morgan fingerprint density at radius 1 is 1.25 bits per heavy atom. The van der Waals surface area contributed by atoms with Crippen LogP contribution in [-0.2, 0) is 12.8 Å². The van der Waals surface area contributed by atoms with Crippen LogP contribution in [-0.4, -0.2) is 33.7 Å². The monoisotopic (exact) mass is 443 g/mol. The SMILES string of the molecule is O=c1cc(OCc2ccc(C(F)(F)F)nc2)ccn1C1=CC2NC3=C(CNCC3)N2C=C1. The van der Waals surface area contributed by atoms with Gasteiger partial charge in [-0.15, -0.1) is 0 Å². The molecule has 5 heterocycles. The van der Waals surface area contributed by atoms with Gasteiger partial charge in [0, 0.05) is 61.1 Å². The Bertz CT molecular complexity index is 1180. The Morgan fingerprint density at radius 3 is 2.88 bits per heavy atom. The van der Waals surface area contributed by atoms with Crippen molar-refractivity contribution in [1.29, 1.82) is 0 Å². The van der Waals surface area contributed by atoms with E-state index in [0.29, 0.717) is 11.3 Å². The molecule has 0 spiro atoms. The van der Waals surface area contributed by atoms with Crippen molar-refractivity contribution in [3.63, 3.8) is 0 Å². The predicted octanol–water partition coefficient (Wildman–Crippen LogP) is 2.65. The van der Waals surface area contributed by atoms with Gasteiger partial charge in [0.15, 0.2) is 0 Å². The topological polar surface area (TPSA) is 71.4 Å². The molecule has 2 aromatic rings. The minimum Gasteiger partial charge on any atom is -0.489 e. The van der Waals surface area contributed by atoms with Gasteiger partial charge in [0.05, 0.1) is 5.70 Å². The summed E-state index contributed by atoms with van der Waals surface area (Å²) in [6.45, 7) is 1.76. The van der Waals surface area contributed by atoms with Gasteiger partial charge in [-0.1, -0.05) is 6.07 Å². The molecule has 0 aromatic carbocycles. The molecular weight excluding hydrogens is 423 g/mol. The highest BCUT2D eigenvalue weighted by atomic mass is 19.4. The van der Waals surface area contributed by atoms with Gasteiger partial charge in [0.25, 0.3) is 5.56 Å². The standard InChI is InChI=1S/C22H20F3N5O2/c23-22(24,25)19-2-1-14(11-27-19)13-32-16-5-8-29(21(31)10-16)15-4-7-30-18-12-26-6-3-17(18)28-20(30)9-15/h1-2,4-5,7-11,20,26,28H,3,6,12-13H2. The molecule has 1 atom stereocenters. The predicted molar refractivity (Wildman–Crippen MR) is 111 cm³/mol. The Balaban J connectivity index is 1.26. The van der Waals surface area contributed by atoms with Crippen molar-refractivity contribution in [3.05, 3.63) is 88.0 Å². The molecular formula is C22H20F3N5O2. The summed E-state index contributed by atoms with van der Waals surface area (Å²) in [4.78, 5) is 18.2. The number of hydrogen-bond acceptors (Lipinski definition) is 6. The van der Waals surface area contributed by atoms with Crippen LogP contribution in [0, 0.1) is 0 Å². The van der Waals surface area contributed by atoms with Crippen molar-refractivity contribution < 1.29 is 17.9 Å². The summed E-state index contributed by atoms with van der Waals surface area (Å²) in [7, 11) is 0. The number of rotatable bonds is 4. The van der Waals surface area contributed by atoms with E-state index in [1.165, 1.54) is 28.1 Å². The highest BCUT2D eigenvalue weighted by Crippen LogP contribution is 2.29. The lowest BCUT2D eigenvalue weighted by atomic mass is 10.2. The highest BCUT2D eigenvalue weighted by Gasteiger charge is 2.32. The van der Waals surface area contributed by atoms with Gasteiger partial charge in [-0.2, -0.15) is 13.2 Å². The number of nitrogens with one attached hydrogen (secondary N) is 2. The van der Waals surface area contributed by atoms with Gasteiger partial charge >= 0.3 is 6.18 Å². The number of allylic oxidation sites excluding steroid dienone is 2. The Labute approximate surface area is 181 Å². The fourth-order valence-corrected chi connectivity index (χ4v) is 3.94. The Kier molecular flexibility index (Phi) is 5.01. The molecule has 2 aromatic heterocycles. The fourth-order valence-electron chi connectivity index (χ4n) is 3.94. The summed E-state index contributed by atoms with van der Waals surface area (Å²) in [5, 5.41) is 6.86. The molecule has 3 aliphatic heterocycles. The zero-order valence-electron chi connectivity index (χ0n) is 16.9.